The van der Waals surface area contributed by atoms with Crippen molar-refractivity contribution in [3.63, 3.8) is 0 Å². The van der Waals surface area contributed by atoms with Gasteiger partial charge in [-0.1, -0.05) is 24.3 Å². The Morgan fingerprint density at radius 1 is 1.19 bits per heavy atom. The van der Waals surface area contributed by atoms with Crippen molar-refractivity contribution in [2.45, 2.75) is 44.5 Å². The number of hydrogen-bond donors (Lipinski definition) is 2. The Morgan fingerprint density at radius 2 is 1.95 bits per heavy atom. The molecule has 1 aliphatic carbocycles. The average molecular weight is 617 g/mol. The molecule has 0 saturated heterocycles. The van der Waals surface area contributed by atoms with Gasteiger partial charge >= 0.3 is 5.97 Å². The van der Waals surface area contributed by atoms with E-state index in [1.165, 1.54) is 11.6 Å². The number of carboxylic acid groups (broad SMARTS) is 1. The van der Waals surface area contributed by atoms with E-state index in [1.807, 2.05) is 53.8 Å². The Morgan fingerprint density at radius 3 is 2.68 bits per heavy atom. The molecule has 192 valence electrons. The Kier molecular flexibility index (Phi) is 7.34. The van der Waals surface area contributed by atoms with Crippen LogP contribution in [0, 0.1) is 9.39 Å². The first-order valence-electron chi connectivity index (χ1n) is 12.1. The molecule has 3 aromatic carbocycles. The van der Waals surface area contributed by atoms with Gasteiger partial charge in [0.05, 0.1) is 22.0 Å². The van der Waals surface area contributed by atoms with Gasteiger partial charge in [-0.3, -0.25) is 9.59 Å². The molecule has 5 rings (SSSR count). The molecule has 2 N–H and O–H groups in total. The summed E-state index contributed by atoms with van der Waals surface area (Å²) in [7, 11) is 0. The van der Waals surface area contributed by atoms with Gasteiger partial charge in [-0.15, -0.1) is 0 Å². The molecule has 0 spiro atoms. The predicted molar refractivity (Wildman–Crippen MR) is 142 cm³/mol. The van der Waals surface area contributed by atoms with E-state index in [0.29, 0.717) is 23.4 Å². The molecule has 1 heterocycles. The van der Waals surface area contributed by atoms with Gasteiger partial charge in [0, 0.05) is 17.7 Å². The monoisotopic (exact) mass is 617 g/mol. The topological polar surface area (TPSA) is 94.1 Å². The quantitative estimate of drug-likeness (QED) is 0.304. The van der Waals surface area contributed by atoms with Crippen LogP contribution in [0.25, 0.3) is 0 Å². The number of carbonyl (C=O) groups excluding carboxylic acids is 1. The molecule has 7 nitrogen and oxygen atoms in total. The summed E-state index contributed by atoms with van der Waals surface area (Å²) >= 11 is 1.85. The lowest BCUT2D eigenvalue weighted by molar-refractivity contribution is -0.146. The molecule has 3 aromatic rings. The van der Waals surface area contributed by atoms with Crippen molar-refractivity contribution in [1.82, 2.24) is 5.32 Å². The second-order valence-corrected chi connectivity index (χ2v) is 10.1. The van der Waals surface area contributed by atoms with Gasteiger partial charge in [0.1, 0.15) is 11.5 Å². The molecule has 3 unspecified atom stereocenters. The van der Waals surface area contributed by atoms with Crippen LogP contribution >= 0.6 is 22.6 Å². The number of hydrogen-bond acceptors (Lipinski definition) is 5. The first-order valence-corrected chi connectivity index (χ1v) is 13.1. The van der Waals surface area contributed by atoms with Crippen molar-refractivity contribution in [3.05, 3.63) is 86.2 Å². The standard InChI is InChI=1S/C28H25FINO6/c1-2-31-27(34)16-7-10-17(11-8-16)35-22-14-20(30)25(29)26-24(22)19(13-23(32)33)28(37-26)36-21-12-9-15-5-3-4-6-18(15)21/h3-8,10-11,14,19,21,28H,2,9,12-13H2,1H3,(H,31,34)(H,32,33). The van der Waals surface area contributed by atoms with Crippen LogP contribution in [-0.2, 0) is 16.0 Å². The molecule has 0 radical (unpaired) electrons. The minimum absolute atomic E-state index is 0.0524. The van der Waals surface area contributed by atoms with Crippen molar-refractivity contribution in [3.8, 4) is 17.2 Å². The number of halogens is 2. The Labute approximate surface area is 227 Å². The summed E-state index contributed by atoms with van der Waals surface area (Å²) in [5.74, 6) is -1.97. The number of nitrogens with one attached hydrogen (secondary N) is 1. The molecule has 0 saturated carbocycles. The van der Waals surface area contributed by atoms with Gasteiger partial charge in [0.2, 0.25) is 6.29 Å². The minimum Gasteiger partial charge on any atom is -0.481 e. The minimum atomic E-state index is -1.06. The maximum Gasteiger partial charge on any atom is 0.304 e. The second-order valence-electron chi connectivity index (χ2n) is 8.95. The van der Waals surface area contributed by atoms with E-state index in [4.69, 9.17) is 14.2 Å². The number of rotatable bonds is 8. The zero-order chi connectivity index (χ0) is 26.1. The molecular formula is C28H25FINO6. The zero-order valence-electron chi connectivity index (χ0n) is 20.0. The molecule has 9 heteroatoms. The number of benzene rings is 3. The third kappa shape index (κ3) is 5.15. The molecule has 0 aromatic heterocycles. The molecule has 0 fully saturated rings. The van der Waals surface area contributed by atoms with Gasteiger partial charge in [0.15, 0.2) is 11.6 Å². The number of fused-ring (bicyclic) bond motifs is 2. The van der Waals surface area contributed by atoms with E-state index < -0.39 is 24.0 Å². The Balaban J connectivity index is 1.46. The van der Waals surface area contributed by atoms with E-state index in [9.17, 15) is 14.7 Å². The third-order valence-electron chi connectivity index (χ3n) is 6.56. The van der Waals surface area contributed by atoms with Crippen molar-refractivity contribution in [1.29, 1.82) is 0 Å². The molecule has 2 aliphatic rings. The highest BCUT2D eigenvalue weighted by molar-refractivity contribution is 14.1. The maximum absolute atomic E-state index is 15.2. The summed E-state index contributed by atoms with van der Waals surface area (Å²) in [5.41, 5.74) is 3.02. The van der Waals surface area contributed by atoms with E-state index in [0.717, 1.165) is 18.4 Å². The highest BCUT2D eigenvalue weighted by Gasteiger charge is 2.44. The molecular weight excluding hydrogens is 592 g/mol. The van der Waals surface area contributed by atoms with E-state index in [2.05, 4.69) is 5.32 Å². The predicted octanol–water partition coefficient (Wildman–Crippen LogP) is 5.95. The van der Waals surface area contributed by atoms with Gasteiger partial charge in [-0.05, 0) is 83.8 Å². The molecule has 37 heavy (non-hydrogen) atoms. The highest BCUT2D eigenvalue weighted by atomic mass is 127. The van der Waals surface area contributed by atoms with Gasteiger partial charge in [-0.2, -0.15) is 0 Å². The Hall–Kier alpha value is -3.18. The number of carbonyl (C=O) groups is 2. The largest absolute Gasteiger partial charge is 0.481 e. The molecule has 3 atom stereocenters. The Bertz CT molecular complexity index is 1350. The lowest BCUT2D eigenvalue weighted by atomic mass is 9.95. The van der Waals surface area contributed by atoms with Crippen molar-refractivity contribution in [2.24, 2.45) is 0 Å². The van der Waals surface area contributed by atoms with Crippen molar-refractivity contribution in [2.75, 3.05) is 6.54 Å². The summed E-state index contributed by atoms with van der Waals surface area (Å²) in [4.78, 5) is 23.9. The maximum atomic E-state index is 15.2. The van der Waals surface area contributed by atoms with Crippen molar-refractivity contribution >= 4 is 34.5 Å². The highest BCUT2D eigenvalue weighted by Crippen LogP contribution is 2.51. The second kappa shape index (κ2) is 10.7. The van der Waals surface area contributed by atoms with Crippen LogP contribution in [0.5, 0.6) is 17.2 Å². The molecule has 0 bridgehead atoms. The smallest absolute Gasteiger partial charge is 0.304 e. The number of amides is 1. The number of carboxylic acids is 1. The zero-order valence-corrected chi connectivity index (χ0v) is 22.2. The fourth-order valence-electron chi connectivity index (χ4n) is 4.87. The SMILES string of the molecule is CCNC(=O)c1ccc(Oc2cc(I)c(F)c3c2C(CC(=O)O)C(OC2CCc4ccccc42)O3)cc1. The summed E-state index contributed by atoms with van der Waals surface area (Å²) in [6, 6.07) is 16.0. The van der Waals surface area contributed by atoms with Crippen LogP contribution in [0.1, 0.15) is 58.8 Å². The van der Waals surface area contributed by atoms with Gasteiger partial charge in [0.25, 0.3) is 5.91 Å². The number of aryl methyl sites for hydroxylation is 1. The average Bonchev–Trinajstić information content (AvgIpc) is 3.45. The number of ether oxygens (including phenoxy) is 3. The van der Waals surface area contributed by atoms with Crippen LogP contribution < -0.4 is 14.8 Å². The molecule has 1 amide bonds. The van der Waals surface area contributed by atoms with E-state index >= 15 is 4.39 Å². The van der Waals surface area contributed by atoms with Crippen LogP contribution in [0.2, 0.25) is 0 Å². The van der Waals surface area contributed by atoms with Crippen LogP contribution in [0.4, 0.5) is 4.39 Å². The van der Waals surface area contributed by atoms with Crippen LogP contribution in [-0.4, -0.2) is 29.8 Å². The first-order chi connectivity index (χ1) is 17.9. The van der Waals surface area contributed by atoms with Crippen LogP contribution in [0.3, 0.4) is 0 Å². The van der Waals surface area contributed by atoms with Gasteiger partial charge < -0.3 is 24.6 Å². The normalized spacial score (nSPS) is 19.6. The third-order valence-corrected chi connectivity index (χ3v) is 7.35. The summed E-state index contributed by atoms with van der Waals surface area (Å²) in [6.45, 7) is 2.35. The lowest BCUT2D eigenvalue weighted by Gasteiger charge is -2.23. The van der Waals surface area contributed by atoms with E-state index in [1.54, 1.807) is 24.3 Å². The fraction of sp³-hybridized carbons (Fsp3) is 0.286. The van der Waals surface area contributed by atoms with E-state index in [-0.39, 0.29) is 33.5 Å². The van der Waals surface area contributed by atoms with Crippen molar-refractivity contribution < 1.29 is 33.3 Å². The fourth-order valence-corrected chi connectivity index (χ4v) is 5.40. The summed E-state index contributed by atoms with van der Waals surface area (Å²) in [6.07, 6.45) is -0.00999. The first kappa shape index (κ1) is 25.5. The summed E-state index contributed by atoms with van der Waals surface area (Å²) in [5, 5.41) is 12.4. The summed E-state index contributed by atoms with van der Waals surface area (Å²) < 4.78 is 33.9. The van der Waals surface area contributed by atoms with Crippen LogP contribution in [0.15, 0.2) is 54.6 Å². The number of aliphatic carboxylic acids is 1. The molecule has 1 aliphatic heterocycles. The lowest BCUT2D eigenvalue weighted by Crippen LogP contribution is -2.26. The van der Waals surface area contributed by atoms with Gasteiger partial charge in [-0.25, -0.2) is 4.39 Å².